The number of hydrogen-bond acceptors (Lipinski definition) is 1. The zero-order valence-corrected chi connectivity index (χ0v) is 33.3. The Balaban J connectivity index is 1.18. The van der Waals surface area contributed by atoms with Crippen molar-refractivity contribution in [3.8, 4) is 44.5 Å². The lowest BCUT2D eigenvalue weighted by atomic mass is 9.55. The van der Waals surface area contributed by atoms with Crippen LogP contribution in [0, 0.1) is 0 Å². The van der Waals surface area contributed by atoms with E-state index in [9.17, 15) is 0 Å². The van der Waals surface area contributed by atoms with E-state index in [0.717, 1.165) is 17.1 Å². The van der Waals surface area contributed by atoms with E-state index in [-0.39, 0.29) is 5.41 Å². The highest BCUT2D eigenvalue weighted by atomic mass is 15.1. The van der Waals surface area contributed by atoms with Crippen LogP contribution >= 0.6 is 0 Å². The SMILES string of the molecule is CC1(C)c2ccccc2C2(c3cc(N(c4ccc(-c5ccccc5)cc4)c4ccc(-c5ccccc5)cc4)ccc3-c3c(-c4ccccc4)cccc32)c2ccccc21. The highest BCUT2D eigenvalue weighted by Gasteiger charge is 2.53. The molecule has 0 N–H and O–H groups in total. The van der Waals surface area contributed by atoms with Gasteiger partial charge in [-0.1, -0.05) is 202 Å². The number of benzene rings is 9. The Kier molecular flexibility index (Phi) is 8.13. The van der Waals surface area contributed by atoms with Crippen LogP contribution in [0.5, 0.6) is 0 Å². The van der Waals surface area contributed by atoms with Gasteiger partial charge in [0.15, 0.2) is 0 Å². The second kappa shape index (κ2) is 13.7. The lowest BCUT2D eigenvalue weighted by Crippen LogP contribution is -2.40. The second-order valence-corrected chi connectivity index (χ2v) is 16.5. The van der Waals surface area contributed by atoms with Crippen LogP contribution in [-0.2, 0) is 10.8 Å². The van der Waals surface area contributed by atoms with Gasteiger partial charge in [0, 0.05) is 22.5 Å². The molecule has 9 aromatic rings. The molecular weight excluding hydrogens is 711 g/mol. The predicted molar refractivity (Wildman–Crippen MR) is 247 cm³/mol. The van der Waals surface area contributed by atoms with E-state index in [1.54, 1.807) is 0 Å². The minimum atomic E-state index is -0.534. The predicted octanol–water partition coefficient (Wildman–Crippen LogP) is 15.2. The summed E-state index contributed by atoms with van der Waals surface area (Å²) in [6.07, 6.45) is 0. The first-order valence-corrected chi connectivity index (χ1v) is 20.7. The maximum Gasteiger partial charge on any atom is 0.0720 e. The van der Waals surface area contributed by atoms with Crippen LogP contribution in [0.15, 0.2) is 224 Å². The van der Waals surface area contributed by atoms with Crippen LogP contribution in [-0.4, -0.2) is 0 Å². The van der Waals surface area contributed by atoms with E-state index < -0.39 is 5.41 Å². The minimum absolute atomic E-state index is 0.178. The molecule has 0 radical (unpaired) electrons. The molecule has 0 saturated heterocycles. The molecule has 0 heterocycles. The molecule has 1 spiro atoms. The fourth-order valence-corrected chi connectivity index (χ4v) is 10.3. The third kappa shape index (κ3) is 5.39. The van der Waals surface area contributed by atoms with Crippen molar-refractivity contribution in [2.75, 3.05) is 4.90 Å². The van der Waals surface area contributed by atoms with E-state index >= 15 is 0 Å². The molecule has 1 nitrogen and oxygen atoms in total. The van der Waals surface area contributed by atoms with Gasteiger partial charge >= 0.3 is 0 Å². The van der Waals surface area contributed by atoms with Crippen LogP contribution in [0.4, 0.5) is 17.1 Å². The molecule has 1 heteroatoms. The average molecular weight is 754 g/mol. The molecule has 2 aliphatic carbocycles. The summed E-state index contributed by atoms with van der Waals surface area (Å²) in [4.78, 5) is 2.43. The molecule has 0 aliphatic heterocycles. The fraction of sp³-hybridized carbons (Fsp3) is 0.0690. The largest absolute Gasteiger partial charge is 0.310 e. The highest BCUT2D eigenvalue weighted by molar-refractivity contribution is 5.98. The molecule has 0 amide bonds. The first kappa shape index (κ1) is 35.0. The summed E-state index contributed by atoms with van der Waals surface area (Å²) in [6.45, 7) is 4.79. The lowest BCUT2D eigenvalue weighted by molar-refractivity contribution is 0.563. The summed E-state index contributed by atoms with van der Waals surface area (Å²) in [7, 11) is 0. The summed E-state index contributed by atoms with van der Waals surface area (Å²) < 4.78 is 0. The Hall–Kier alpha value is -7.22. The Morgan fingerprint density at radius 1 is 0.288 bits per heavy atom. The van der Waals surface area contributed by atoms with Gasteiger partial charge in [-0.05, 0) is 114 Å². The van der Waals surface area contributed by atoms with Crippen molar-refractivity contribution in [2.45, 2.75) is 24.7 Å². The number of anilines is 3. The van der Waals surface area contributed by atoms with Gasteiger partial charge in [-0.2, -0.15) is 0 Å². The third-order valence-corrected chi connectivity index (χ3v) is 13.0. The Bertz CT molecular complexity index is 2850. The maximum absolute atomic E-state index is 2.51. The second-order valence-electron chi connectivity index (χ2n) is 16.5. The van der Waals surface area contributed by atoms with Gasteiger partial charge in [-0.25, -0.2) is 0 Å². The van der Waals surface area contributed by atoms with Crippen LogP contribution < -0.4 is 4.90 Å². The zero-order chi connectivity index (χ0) is 39.6. The third-order valence-electron chi connectivity index (χ3n) is 13.0. The molecule has 0 bridgehead atoms. The Morgan fingerprint density at radius 2 is 0.695 bits per heavy atom. The standard InChI is InChI=1S/C58H43N/c1-57(2)50-24-12-14-26-52(50)58(53-27-15-13-25-51(53)57)54-28-16-23-48(44-21-10-5-11-22-44)56(54)49-38-37-47(39-55(49)58)59(45-33-29-42(30-34-45)40-17-6-3-7-18-40)46-35-31-43(32-36-46)41-19-8-4-9-20-41/h3-39H,1-2H3. The quantitative estimate of drug-likeness (QED) is 0.163. The molecule has 0 atom stereocenters. The van der Waals surface area contributed by atoms with E-state index in [1.165, 1.54) is 77.9 Å². The summed E-state index contributed by atoms with van der Waals surface area (Å²) in [5, 5.41) is 0. The Labute approximate surface area is 347 Å². The van der Waals surface area contributed by atoms with Crippen molar-refractivity contribution in [1.82, 2.24) is 0 Å². The number of rotatable bonds is 6. The van der Waals surface area contributed by atoms with Gasteiger partial charge in [0.2, 0.25) is 0 Å². The molecule has 9 aromatic carbocycles. The summed E-state index contributed by atoms with van der Waals surface area (Å²) >= 11 is 0. The maximum atomic E-state index is 2.51. The van der Waals surface area contributed by atoms with Gasteiger partial charge in [0.1, 0.15) is 0 Å². The lowest BCUT2D eigenvalue weighted by Gasteiger charge is -2.46. The molecule has 11 rings (SSSR count). The molecular formula is C58H43N. The van der Waals surface area contributed by atoms with Gasteiger partial charge in [-0.3, -0.25) is 0 Å². The van der Waals surface area contributed by atoms with Crippen LogP contribution in [0.1, 0.15) is 47.2 Å². The van der Waals surface area contributed by atoms with E-state index in [1.807, 2.05) is 0 Å². The van der Waals surface area contributed by atoms with Crippen molar-refractivity contribution < 1.29 is 0 Å². The van der Waals surface area contributed by atoms with Crippen LogP contribution in [0.3, 0.4) is 0 Å². The zero-order valence-electron chi connectivity index (χ0n) is 33.3. The molecule has 0 saturated carbocycles. The van der Waals surface area contributed by atoms with Crippen LogP contribution in [0.2, 0.25) is 0 Å². The Morgan fingerprint density at radius 3 is 1.20 bits per heavy atom. The summed E-state index contributed by atoms with van der Waals surface area (Å²) in [5.41, 5.74) is 20.7. The highest BCUT2D eigenvalue weighted by Crippen LogP contribution is 2.64. The normalized spacial score (nSPS) is 13.9. The monoisotopic (exact) mass is 753 g/mol. The molecule has 0 aromatic heterocycles. The number of hydrogen-bond donors (Lipinski definition) is 0. The average Bonchev–Trinajstić information content (AvgIpc) is 3.60. The minimum Gasteiger partial charge on any atom is -0.310 e. The fourth-order valence-electron chi connectivity index (χ4n) is 10.3. The molecule has 2 aliphatic rings. The molecule has 280 valence electrons. The topological polar surface area (TPSA) is 3.24 Å². The number of fused-ring (bicyclic) bond motifs is 9. The van der Waals surface area contributed by atoms with Crippen LogP contribution in [0.25, 0.3) is 44.5 Å². The molecule has 0 unspecified atom stereocenters. The van der Waals surface area contributed by atoms with Gasteiger partial charge in [0.25, 0.3) is 0 Å². The van der Waals surface area contributed by atoms with E-state index in [0.29, 0.717) is 0 Å². The van der Waals surface area contributed by atoms with Crippen molar-refractivity contribution >= 4 is 17.1 Å². The van der Waals surface area contributed by atoms with E-state index in [2.05, 4.69) is 243 Å². The van der Waals surface area contributed by atoms with Crippen molar-refractivity contribution in [2.24, 2.45) is 0 Å². The summed E-state index contributed by atoms with van der Waals surface area (Å²) in [5.74, 6) is 0. The van der Waals surface area contributed by atoms with Crippen molar-refractivity contribution in [3.63, 3.8) is 0 Å². The molecule has 59 heavy (non-hydrogen) atoms. The molecule has 0 fully saturated rings. The first-order valence-electron chi connectivity index (χ1n) is 20.7. The van der Waals surface area contributed by atoms with Crippen molar-refractivity contribution in [3.05, 3.63) is 258 Å². The van der Waals surface area contributed by atoms with Crippen molar-refractivity contribution in [1.29, 1.82) is 0 Å². The van der Waals surface area contributed by atoms with Gasteiger partial charge in [-0.15, -0.1) is 0 Å². The first-order chi connectivity index (χ1) is 29.0. The van der Waals surface area contributed by atoms with Gasteiger partial charge in [0.05, 0.1) is 5.41 Å². The van der Waals surface area contributed by atoms with Gasteiger partial charge < -0.3 is 4.90 Å². The number of nitrogens with zero attached hydrogens (tertiary/aromatic N) is 1. The summed E-state index contributed by atoms with van der Waals surface area (Å²) in [6, 6.07) is 83.0. The smallest absolute Gasteiger partial charge is 0.0720 e. The van der Waals surface area contributed by atoms with E-state index in [4.69, 9.17) is 0 Å².